The van der Waals surface area contributed by atoms with Gasteiger partial charge < -0.3 is 19.6 Å². The maximum absolute atomic E-state index is 13.7. The number of likely N-dealkylation sites (tertiary alicyclic amines) is 1. The van der Waals surface area contributed by atoms with Crippen LogP contribution in [0.5, 0.6) is 5.75 Å². The van der Waals surface area contributed by atoms with E-state index in [1.807, 2.05) is 41.3 Å². The molecule has 1 unspecified atom stereocenters. The van der Waals surface area contributed by atoms with Gasteiger partial charge in [0.15, 0.2) is 0 Å². The Balaban J connectivity index is 1.41. The molecule has 41 heavy (non-hydrogen) atoms. The highest BCUT2D eigenvalue weighted by molar-refractivity contribution is 6.01. The van der Waals surface area contributed by atoms with Gasteiger partial charge in [-0.05, 0) is 48.1 Å². The Morgan fingerprint density at radius 1 is 1.05 bits per heavy atom. The van der Waals surface area contributed by atoms with E-state index in [0.717, 1.165) is 73.3 Å². The summed E-state index contributed by atoms with van der Waals surface area (Å²) in [7, 11) is 0. The molecule has 3 aliphatic heterocycles. The minimum absolute atomic E-state index is 0.0409. The first-order chi connectivity index (χ1) is 19.9. The highest BCUT2D eigenvalue weighted by atomic mass is 16.5. The number of aliphatic carboxylic acids is 1. The minimum Gasteiger partial charge on any atom is -0.493 e. The first-order valence-corrected chi connectivity index (χ1v) is 15.3. The zero-order chi connectivity index (χ0) is 28.9. The molecule has 3 heterocycles. The Labute approximate surface area is 243 Å². The molecule has 220 valence electrons. The van der Waals surface area contributed by atoms with Crippen molar-refractivity contribution in [1.82, 2.24) is 9.80 Å². The number of fused-ring (bicyclic) bond motifs is 2. The fourth-order valence-electron chi connectivity index (χ4n) is 6.78. The van der Waals surface area contributed by atoms with Gasteiger partial charge in [-0.15, -0.1) is 0 Å². The van der Waals surface area contributed by atoms with Gasteiger partial charge in [-0.25, -0.2) is 0 Å². The third-order valence-corrected chi connectivity index (χ3v) is 9.00. The third kappa shape index (κ3) is 6.27. The number of amides is 2. The van der Waals surface area contributed by atoms with Crippen molar-refractivity contribution in [2.24, 2.45) is 5.92 Å². The molecular formula is C33H43N3O5. The lowest BCUT2D eigenvalue weighted by molar-refractivity contribution is -0.143. The highest BCUT2D eigenvalue weighted by Gasteiger charge is 2.47. The van der Waals surface area contributed by atoms with Crippen LogP contribution < -0.4 is 9.64 Å². The molecule has 0 radical (unpaired) electrons. The normalized spacial score (nSPS) is 21.6. The fourth-order valence-corrected chi connectivity index (χ4v) is 6.78. The Morgan fingerprint density at radius 3 is 2.54 bits per heavy atom. The minimum atomic E-state index is -0.853. The molecule has 1 fully saturated rings. The Morgan fingerprint density at radius 2 is 1.80 bits per heavy atom. The number of hydrogen-bond acceptors (Lipinski definition) is 5. The van der Waals surface area contributed by atoms with Crippen molar-refractivity contribution in [1.29, 1.82) is 0 Å². The number of hydrogen-bond donors (Lipinski definition) is 1. The first-order valence-electron chi connectivity index (χ1n) is 15.3. The van der Waals surface area contributed by atoms with Gasteiger partial charge in [0, 0.05) is 50.2 Å². The number of ether oxygens (including phenoxy) is 1. The number of unbranched alkanes of at least 4 members (excludes halogenated alkanes) is 2. The van der Waals surface area contributed by atoms with E-state index in [2.05, 4.69) is 24.8 Å². The Bertz CT molecular complexity index is 1260. The van der Waals surface area contributed by atoms with Crippen molar-refractivity contribution in [3.8, 4) is 5.75 Å². The highest BCUT2D eigenvalue weighted by Crippen LogP contribution is 2.41. The molecule has 1 saturated heterocycles. The average Bonchev–Trinajstić information content (AvgIpc) is 3.66. The van der Waals surface area contributed by atoms with Crippen molar-refractivity contribution in [2.75, 3.05) is 44.2 Å². The smallest absolute Gasteiger partial charge is 0.308 e. The second-order valence-corrected chi connectivity index (χ2v) is 11.7. The maximum Gasteiger partial charge on any atom is 0.308 e. The molecular weight excluding hydrogens is 518 g/mol. The average molecular weight is 562 g/mol. The number of carbonyl (C=O) groups is 3. The lowest BCUT2D eigenvalue weighted by Crippen LogP contribution is -2.46. The number of carboxylic acids is 1. The van der Waals surface area contributed by atoms with Crippen molar-refractivity contribution in [3.05, 3.63) is 59.2 Å². The molecule has 8 heteroatoms. The molecule has 8 nitrogen and oxygen atoms in total. The van der Waals surface area contributed by atoms with Crippen LogP contribution >= 0.6 is 0 Å². The predicted molar refractivity (Wildman–Crippen MR) is 158 cm³/mol. The van der Waals surface area contributed by atoms with Crippen LogP contribution in [0.2, 0.25) is 0 Å². The molecule has 0 spiro atoms. The zero-order valence-corrected chi connectivity index (χ0v) is 24.4. The molecule has 5 rings (SSSR count). The Kier molecular flexibility index (Phi) is 9.28. The number of rotatable bonds is 13. The van der Waals surface area contributed by atoms with E-state index in [1.165, 1.54) is 0 Å². The maximum atomic E-state index is 13.7. The van der Waals surface area contributed by atoms with Crippen molar-refractivity contribution in [3.63, 3.8) is 0 Å². The van der Waals surface area contributed by atoms with Crippen molar-refractivity contribution >= 4 is 23.5 Å². The van der Waals surface area contributed by atoms with E-state index in [0.29, 0.717) is 32.5 Å². The van der Waals surface area contributed by atoms with Gasteiger partial charge in [-0.3, -0.25) is 19.3 Å². The topological polar surface area (TPSA) is 90.4 Å². The van der Waals surface area contributed by atoms with Crippen molar-refractivity contribution in [2.45, 2.75) is 70.8 Å². The third-order valence-electron chi connectivity index (χ3n) is 9.00. The van der Waals surface area contributed by atoms with E-state index in [4.69, 9.17) is 4.74 Å². The molecule has 2 amide bonds. The lowest BCUT2D eigenvalue weighted by atomic mass is 9.83. The summed E-state index contributed by atoms with van der Waals surface area (Å²) in [6.07, 6.45) is 5.60. The van der Waals surface area contributed by atoms with E-state index in [9.17, 15) is 19.5 Å². The summed E-state index contributed by atoms with van der Waals surface area (Å²) in [6, 6.07) is 13.5. The summed E-state index contributed by atoms with van der Waals surface area (Å²) in [5, 5.41) is 10.6. The molecule has 3 aliphatic rings. The summed E-state index contributed by atoms with van der Waals surface area (Å²) in [5.41, 5.74) is 4.01. The molecule has 1 N–H and O–H groups in total. The molecule has 0 aliphatic carbocycles. The van der Waals surface area contributed by atoms with Crippen LogP contribution in [0.15, 0.2) is 42.5 Å². The molecule has 0 bridgehead atoms. The van der Waals surface area contributed by atoms with Gasteiger partial charge in [0.1, 0.15) is 5.75 Å². The van der Waals surface area contributed by atoms with Crippen LogP contribution in [0.25, 0.3) is 0 Å². The largest absolute Gasteiger partial charge is 0.493 e. The summed E-state index contributed by atoms with van der Waals surface area (Å²) in [6.45, 7) is 7.46. The van der Waals surface area contributed by atoms with E-state index in [1.54, 1.807) is 4.90 Å². The van der Waals surface area contributed by atoms with Crippen LogP contribution in [-0.4, -0.2) is 78.1 Å². The van der Waals surface area contributed by atoms with Crippen LogP contribution in [0.4, 0.5) is 5.69 Å². The first kappa shape index (κ1) is 29.1. The second kappa shape index (κ2) is 13.1. The van der Waals surface area contributed by atoms with Gasteiger partial charge in [0.25, 0.3) is 0 Å². The standard InChI is InChI=1S/C33H43N3O5/c1-3-5-15-34(16-6-4-2)31(38)22-35-21-26(23-11-12-29-25(19-23)14-18-41-29)32(33(39)40)28(35)13-17-36-27-10-8-7-9-24(27)20-30(36)37/h7-12,19,26,28,32H,3-6,13-18,20-22H2,1-2H3,(H,39,40)/t26-,28+,32?/m1/s1. The molecule has 2 aromatic rings. The number of benzene rings is 2. The van der Waals surface area contributed by atoms with Gasteiger partial charge in [0.2, 0.25) is 11.8 Å². The number of para-hydroxylation sites is 1. The molecule has 3 atom stereocenters. The summed E-state index contributed by atoms with van der Waals surface area (Å²) < 4.78 is 5.70. The number of nitrogens with zero attached hydrogens (tertiary/aromatic N) is 3. The second-order valence-electron chi connectivity index (χ2n) is 11.7. The summed E-state index contributed by atoms with van der Waals surface area (Å²) in [5.74, 6) is -0.816. The SMILES string of the molecule is CCCCN(CCCC)C(=O)CN1C[C@H](c2ccc3c(c2)CCO3)C(C(=O)O)[C@@H]1CCN1C(=O)Cc2ccccc21. The van der Waals surface area contributed by atoms with E-state index < -0.39 is 11.9 Å². The summed E-state index contributed by atoms with van der Waals surface area (Å²) >= 11 is 0. The Hall–Kier alpha value is -3.39. The van der Waals surface area contributed by atoms with Gasteiger partial charge in [-0.2, -0.15) is 0 Å². The zero-order valence-electron chi connectivity index (χ0n) is 24.4. The fraction of sp³-hybridized carbons (Fsp3) is 0.545. The van der Waals surface area contributed by atoms with Gasteiger partial charge >= 0.3 is 5.97 Å². The quantitative estimate of drug-likeness (QED) is 0.387. The molecule has 0 saturated carbocycles. The monoisotopic (exact) mass is 561 g/mol. The van der Waals surface area contributed by atoms with Gasteiger partial charge in [-0.1, -0.05) is 57.0 Å². The summed E-state index contributed by atoms with van der Waals surface area (Å²) in [4.78, 5) is 45.3. The predicted octanol–water partition coefficient (Wildman–Crippen LogP) is 4.50. The number of anilines is 1. The van der Waals surface area contributed by atoms with Crippen LogP contribution in [0.1, 0.15) is 68.6 Å². The van der Waals surface area contributed by atoms with Crippen LogP contribution in [0, 0.1) is 5.92 Å². The van der Waals surface area contributed by atoms with Crippen LogP contribution in [0.3, 0.4) is 0 Å². The van der Waals surface area contributed by atoms with Crippen LogP contribution in [-0.2, 0) is 27.2 Å². The number of carbonyl (C=O) groups excluding carboxylic acids is 2. The molecule has 0 aromatic heterocycles. The van der Waals surface area contributed by atoms with Gasteiger partial charge in [0.05, 0.1) is 25.5 Å². The van der Waals surface area contributed by atoms with E-state index in [-0.39, 0.29) is 30.3 Å². The van der Waals surface area contributed by atoms with E-state index >= 15 is 0 Å². The van der Waals surface area contributed by atoms with Crippen molar-refractivity contribution < 1.29 is 24.2 Å². The number of carboxylic acid groups (broad SMARTS) is 1. The molecule has 2 aromatic carbocycles. The lowest BCUT2D eigenvalue weighted by Gasteiger charge is -2.31.